The summed E-state index contributed by atoms with van der Waals surface area (Å²) in [6.45, 7) is 12.5. The molecule has 0 unspecified atom stereocenters. The lowest BCUT2D eigenvalue weighted by atomic mass is 9.84. The van der Waals surface area contributed by atoms with E-state index >= 15 is 0 Å². The Kier molecular flexibility index (Phi) is 14.8. The molecule has 0 aliphatic carbocycles. The highest BCUT2D eigenvalue weighted by molar-refractivity contribution is 5.90. The topological polar surface area (TPSA) is 166 Å². The van der Waals surface area contributed by atoms with Crippen molar-refractivity contribution in [2.45, 2.75) is 97.6 Å². The van der Waals surface area contributed by atoms with E-state index < -0.39 is 53.1 Å². The summed E-state index contributed by atoms with van der Waals surface area (Å²) in [5.74, 6) is -0.823. The minimum Gasteiger partial charge on any atom is -0.453 e. The molecule has 5 aromatic rings. The Morgan fingerprint density at radius 3 is 2.08 bits per heavy atom. The van der Waals surface area contributed by atoms with Gasteiger partial charge in [0.1, 0.15) is 12.1 Å². The average molecular weight is 856 g/mol. The molecule has 4 N–H and O–H groups in total. The van der Waals surface area contributed by atoms with Gasteiger partial charge in [0.2, 0.25) is 11.8 Å². The van der Waals surface area contributed by atoms with Crippen LogP contribution >= 0.6 is 0 Å². The zero-order valence-corrected chi connectivity index (χ0v) is 37.4. The van der Waals surface area contributed by atoms with E-state index in [2.05, 4.69) is 25.9 Å². The van der Waals surface area contributed by atoms with Crippen LogP contribution in [0.2, 0.25) is 0 Å². The van der Waals surface area contributed by atoms with Crippen molar-refractivity contribution in [1.29, 1.82) is 0 Å². The van der Waals surface area contributed by atoms with E-state index in [9.17, 15) is 24.3 Å². The van der Waals surface area contributed by atoms with E-state index in [4.69, 9.17) is 4.74 Å². The van der Waals surface area contributed by atoms with Crippen LogP contribution in [0.5, 0.6) is 0 Å². The first-order valence-corrected chi connectivity index (χ1v) is 21.6. The molecule has 0 radical (unpaired) electrons. The maximum atomic E-state index is 14.7. The first kappa shape index (κ1) is 46.2. The highest BCUT2D eigenvalue weighted by atomic mass is 16.5. The van der Waals surface area contributed by atoms with E-state index in [1.807, 2.05) is 145 Å². The van der Waals surface area contributed by atoms with Gasteiger partial charge in [-0.25, -0.2) is 9.59 Å². The fourth-order valence-electron chi connectivity index (χ4n) is 8.32. The Morgan fingerprint density at radius 1 is 0.730 bits per heavy atom. The van der Waals surface area contributed by atoms with E-state index in [1.54, 1.807) is 22.2 Å². The summed E-state index contributed by atoms with van der Waals surface area (Å²) in [7, 11) is 1.24. The van der Waals surface area contributed by atoms with Crippen molar-refractivity contribution in [2.75, 3.05) is 20.2 Å². The minimum atomic E-state index is -1.15. The SMILES string of the molecule is COC(=O)N[C@H](C(=O)N[C@@H](Cc1ccc(-c2ccccn2)cc1)C[C@H](O)[C@H](Cc1ccccc1)NC(=O)[C@@H](N1CCN(Cc2ccnc3ccccc23)C1=O)C(C)(C)C)C(C)(C)C. The van der Waals surface area contributed by atoms with Crippen LogP contribution in [0.15, 0.2) is 116 Å². The van der Waals surface area contributed by atoms with Crippen molar-refractivity contribution in [2.24, 2.45) is 10.8 Å². The lowest BCUT2D eigenvalue weighted by Crippen LogP contribution is -2.59. The van der Waals surface area contributed by atoms with Gasteiger partial charge in [-0.15, -0.1) is 0 Å². The van der Waals surface area contributed by atoms with Gasteiger partial charge in [-0.1, -0.05) is 120 Å². The molecule has 2 aromatic heterocycles. The van der Waals surface area contributed by atoms with E-state index in [0.29, 0.717) is 26.1 Å². The summed E-state index contributed by atoms with van der Waals surface area (Å²) >= 11 is 0. The summed E-state index contributed by atoms with van der Waals surface area (Å²) in [5, 5.41) is 22.3. The first-order valence-electron chi connectivity index (χ1n) is 21.6. The zero-order valence-electron chi connectivity index (χ0n) is 37.4. The molecule has 1 saturated heterocycles. The number of amides is 5. The standard InChI is InChI=1S/C50H61N7O6/c1-49(2,3)43(55-47(61)63-7)45(59)53-37(29-34-20-22-35(23-21-34)39-18-13-14-25-51-39)31-42(58)41(30-33-15-9-8-10-16-33)54-46(60)44(50(4,5)6)57-28-27-56(48(57)62)32-36-24-26-52-40-19-12-11-17-38(36)40/h8-26,37,41-44,58H,27-32H2,1-7H3,(H,53,59)(H,54,60)(H,55,61)/t37-,41-,42-,43+,44+/m0/s1. The van der Waals surface area contributed by atoms with Gasteiger partial charge in [0.15, 0.2) is 0 Å². The third kappa shape index (κ3) is 12.0. The van der Waals surface area contributed by atoms with Gasteiger partial charge < -0.3 is 35.6 Å². The number of hydrogen-bond acceptors (Lipinski definition) is 8. The van der Waals surface area contributed by atoms with Crippen LogP contribution in [0.25, 0.3) is 22.2 Å². The third-order valence-electron chi connectivity index (χ3n) is 11.5. The molecular formula is C50H61N7O6. The van der Waals surface area contributed by atoms with Gasteiger partial charge >= 0.3 is 12.1 Å². The van der Waals surface area contributed by atoms with Gasteiger partial charge in [0.25, 0.3) is 0 Å². The lowest BCUT2D eigenvalue weighted by Gasteiger charge is -2.38. The number of aliphatic hydroxyl groups is 1. The summed E-state index contributed by atoms with van der Waals surface area (Å²) in [4.78, 5) is 67.8. The number of alkyl carbamates (subject to hydrolysis) is 1. The quantitative estimate of drug-likeness (QED) is 0.0830. The number of urea groups is 1. The largest absolute Gasteiger partial charge is 0.453 e. The molecule has 13 heteroatoms. The number of pyridine rings is 2. The molecule has 1 aliphatic heterocycles. The average Bonchev–Trinajstić information content (AvgIpc) is 3.60. The number of aromatic nitrogens is 2. The van der Waals surface area contributed by atoms with Crippen molar-refractivity contribution in [3.05, 3.63) is 132 Å². The predicted octanol–water partition coefficient (Wildman–Crippen LogP) is 6.93. The van der Waals surface area contributed by atoms with Crippen molar-refractivity contribution < 1.29 is 29.0 Å². The third-order valence-corrected chi connectivity index (χ3v) is 11.5. The number of nitrogens with one attached hydrogen (secondary N) is 3. The van der Waals surface area contributed by atoms with Crippen LogP contribution in [0.1, 0.15) is 64.7 Å². The zero-order chi connectivity index (χ0) is 45.3. The maximum absolute atomic E-state index is 14.7. The predicted molar refractivity (Wildman–Crippen MR) is 244 cm³/mol. The number of benzene rings is 3. The molecule has 63 heavy (non-hydrogen) atoms. The second-order valence-corrected chi connectivity index (χ2v) is 18.5. The lowest BCUT2D eigenvalue weighted by molar-refractivity contribution is -0.131. The molecule has 0 saturated carbocycles. The van der Waals surface area contributed by atoms with Crippen LogP contribution in [0.3, 0.4) is 0 Å². The maximum Gasteiger partial charge on any atom is 0.407 e. The van der Waals surface area contributed by atoms with Gasteiger partial charge in [-0.2, -0.15) is 0 Å². The number of carbonyl (C=O) groups is 4. The molecule has 332 valence electrons. The van der Waals surface area contributed by atoms with E-state index in [-0.39, 0.29) is 24.8 Å². The number of ether oxygens (including phenoxy) is 1. The molecule has 1 fully saturated rings. The number of carbonyl (C=O) groups excluding carboxylic acids is 4. The fourth-order valence-corrected chi connectivity index (χ4v) is 8.32. The molecule has 5 atom stereocenters. The molecule has 3 heterocycles. The number of nitrogens with zero attached hydrogens (tertiary/aromatic N) is 4. The smallest absolute Gasteiger partial charge is 0.407 e. The van der Waals surface area contributed by atoms with Crippen LogP contribution in [-0.4, -0.2) is 99.3 Å². The van der Waals surface area contributed by atoms with E-state index in [1.165, 1.54) is 7.11 Å². The van der Waals surface area contributed by atoms with Crippen molar-refractivity contribution in [3.8, 4) is 11.3 Å². The number of fused-ring (bicyclic) bond motifs is 1. The van der Waals surface area contributed by atoms with Gasteiger partial charge in [-0.3, -0.25) is 19.6 Å². The Labute approximate surface area is 370 Å². The first-order chi connectivity index (χ1) is 30.0. The minimum absolute atomic E-state index is 0.0527. The molecule has 6 rings (SSSR count). The summed E-state index contributed by atoms with van der Waals surface area (Å²) in [5.41, 5.74) is 4.00. The summed E-state index contributed by atoms with van der Waals surface area (Å²) in [6.07, 6.45) is 2.27. The summed E-state index contributed by atoms with van der Waals surface area (Å²) < 4.78 is 4.85. The number of rotatable bonds is 16. The Balaban J connectivity index is 1.26. The number of hydrogen-bond donors (Lipinski definition) is 4. The normalized spacial score (nSPS) is 15.6. The molecule has 3 aromatic carbocycles. The highest BCUT2D eigenvalue weighted by Gasteiger charge is 2.44. The second kappa shape index (κ2) is 20.2. The molecule has 0 bridgehead atoms. The summed E-state index contributed by atoms with van der Waals surface area (Å²) in [6, 6.07) is 29.4. The second-order valence-electron chi connectivity index (χ2n) is 18.5. The molecule has 5 amide bonds. The van der Waals surface area contributed by atoms with Crippen molar-refractivity contribution >= 4 is 34.8 Å². The molecule has 0 spiro atoms. The van der Waals surface area contributed by atoms with Crippen LogP contribution < -0.4 is 16.0 Å². The van der Waals surface area contributed by atoms with Crippen LogP contribution in [0.4, 0.5) is 9.59 Å². The Bertz CT molecular complexity index is 2320. The Morgan fingerprint density at radius 2 is 1.41 bits per heavy atom. The van der Waals surface area contributed by atoms with Crippen molar-refractivity contribution in [1.82, 2.24) is 35.7 Å². The number of methoxy groups -OCH3 is 1. The number of para-hydroxylation sites is 1. The van der Waals surface area contributed by atoms with Gasteiger partial charge in [0, 0.05) is 49.0 Å². The van der Waals surface area contributed by atoms with Gasteiger partial charge in [-0.05, 0) is 71.0 Å². The molecular weight excluding hydrogens is 795 g/mol. The van der Waals surface area contributed by atoms with Crippen LogP contribution in [-0.2, 0) is 33.7 Å². The molecule has 1 aliphatic rings. The van der Waals surface area contributed by atoms with Gasteiger partial charge in [0.05, 0.1) is 30.5 Å². The van der Waals surface area contributed by atoms with Crippen LogP contribution in [0, 0.1) is 10.8 Å². The fraction of sp³-hybridized carbons (Fsp3) is 0.400. The molecule has 13 nitrogen and oxygen atoms in total. The number of aliphatic hydroxyl groups excluding tert-OH is 1. The highest BCUT2D eigenvalue weighted by Crippen LogP contribution is 2.30. The monoisotopic (exact) mass is 855 g/mol. The van der Waals surface area contributed by atoms with Crippen molar-refractivity contribution in [3.63, 3.8) is 0 Å². The Hall–Kier alpha value is -6.34. The van der Waals surface area contributed by atoms with E-state index in [0.717, 1.165) is 38.9 Å².